The van der Waals surface area contributed by atoms with Gasteiger partial charge in [-0.15, -0.1) is 0 Å². The highest BCUT2D eigenvalue weighted by atomic mass is 79.9. The second-order valence-electron chi connectivity index (χ2n) is 4.97. The van der Waals surface area contributed by atoms with Crippen molar-refractivity contribution in [2.75, 3.05) is 0 Å². The number of nitro groups is 1. The number of benzene rings is 2. The van der Waals surface area contributed by atoms with Crippen molar-refractivity contribution in [1.82, 2.24) is 5.32 Å². The van der Waals surface area contributed by atoms with Crippen LogP contribution in [0, 0.1) is 17.0 Å². The maximum absolute atomic E-state index is 10.9. The molecule has 1 atom stereocenters. The highest BCUT2D eigenvalue weighted by Gasteiger charge is 2.13. The average Bonchev–Trinajstić information content (AvgIpc) is 2.46. The largest absolute Gasteiger partial charge is 0.306 e. The molecular weight excluding hydrogens is 332 g/mol. The summed E-state index contributed by atoms with van der Waals surface area (Å²) in [5.74, 6) is 0. The van der Waals surface area contributed by atoms with Crippen LogP contribution in [0.4, 0.5) is 5.69 Å². The van der Waals surface area contributed by atoms with Crippen molar-refractivity contribution in [2.45, 2.75) is 26.4 Å². The van der Waals surface area contributed by atoms with E-state index >= 15 is 0 Å². The molecule has 0 saturated heterocycles. The number of rotatable bonds is 5. The minimum Gasteiger partial charge on any atom is -0.306 e. The molecule has 0 aliphatic rings. The van der Waals surface area contributed by atoms with Gasteiger partial charge in [-0.05, 0) is 37.1 Å². The Morgan fingerprint density at radius 3 is 2.52 bits per heavy atom. The van der Waals surface area contributed by atoms with Crippen molar-refractivity contribution in [3.8, 4) is 0 Å². The van der Waals surface area contributed by atoms with Crippen LogP contribution in [-0.4, -0.2) is 4.92 Å². The molecule has 2 rings (SSSR count). The van der Waals surface area contributed by atoms with Gasteiger partial charge in [0.1, 0.15) is 0 Å². The first kappa shape index (κ1) is 15.7. The summed E-state index contributed by atoms with van der Waals surface area (Å²) in [6, 6.07) is 13.5. The van der Waals surface area contributed by atoms with Crippen LogP contribution in [0.25, 0.3) is 0 Å². The van der Waals surface area contributed by atoms with Crippen molar-refractivity contribution in [2.24, 2.45) is 0 Å². The predicted molar refractivity (Wildman–Crippen MR) is 87.2 cm³/mol. The van der Waals surface area contributed by atoms with Gasteiger partial charge in [0.05, 0.1) is 4.92 Å². The van der Waals surface area contributed by atoms with Crippen LogP contribution < -0.4 is 5.32 Å². The topological polar surface area (TPSA) is 55.2 Å². The summed E-state index contributed by atoms with van der Waals surface area (Å²) in [6.07, 6.45) is 0. The number of nitrogens with one attached hydrogen (secondary N) is 1. The van der Waals surface area contributed by atoms with Crippen LogP contribution in [0.5, 0.6) is 0 Å². The minimum absolute atomic E-state index is 0.172. The second-order valence-corrected chi connectivity index (χ2v) is 5.89. The average molecular weight is 349 g/mol. The molecule has 1 N–H and O–H groups in total. The summed E-state index contributed by atoms with van der Waals surface area (Å²) in [4.78, 5) is 10.6. The third-order valence-electron chi connectivity index (χ3n) is 3.58. The molecule has 5 heteroatoms. The molecule has 0 aliphatic carbocycles. The smallest absolute Gasteiger partial charge is 0.272 e. The summed E-state index contributed by atoms with van der Waals surface area (Å²) < 4.78 is 1.05. The first-order valence-corrected chi connectivity index (χ1v) is 7.50. The molecule has 2 aromatic carbocycles. The molecule has 0 saturated carbocycles. The zero-order valence-corrected chi connectivity index (χ0v) is 13.6. The molecule has 0 aliphatic heterocycles. The molecule has 110 valence electrons. The molecule has 21 heavy (non-hydrogen) atoms. The Morgan fingerprint density at radius 2 is 1.90 bits per heavy atom. The summed E-state index contributed by atoms with van der Waals surface area (Å²) in [6.45, 7) is 4.47. The zero-order chi connectivity index (χ0) is 15.4. The fourth-order valence-electron chi connectivity index (χ4n) is 2.19. The van der Waals surface area contributed by atoms with Gasteiger partial charge in [-0.25, -0.2) is 0 Å². The summed E-state index contributed by atoms with van der Waals surface area (Å²) in [5.41, 5.74) is 3.03. The van der Waals surface area contributed by atoms with Gasteiger partial charge in [0.15, 0.2) is 0 Å². The fourth-order valence-corrected chi connectivity index (χ4v) is 2.46. The van der Waals surface area contributed by atoms with E-state index in [9.17, 15) is 10.1 Å². The molecule has 0 amide bonds. The number of hydrogen-bond donors (Lipinski definition) is 1. The van der Waals surface area contributed by atoms with Crippen LogP contribution in [0.15, 0.2) is 46.9 Å². The SMILES string of the molecule is Cc1c(CN[C@H](C)c2ccc(Br)cc2)cccc1[N+](=O)[O-]. The molecule has 0 unspecified atom stereocenters. The van der Waals surface area contributed by atoms with Crippen molar-refractivity contribution >= 4 is 21.6 Å². The summed E-state index contributed by atoms with van der Waals surface area (Å²) in [7, 11) is 0. The van der Waals surface area contributed by atoms with Crippen LogP contribution >= 0.6 is 15.9 Å². The third-order valence-corrected chi connectivity index (χ3v) is 4.11. The van der Waals surface area contributed by atoms with Gasteiger partial charge in [0.2, 0.25) is 0 Å². The van der Waals surface area contributed by atoms with Crippen molar-refractivity contribution in [3.05, 3.63) is 73.7 Å². The first-order chi connectivity index (χ1) is 9.99. The molecule has 2 aromatic rings. The Kier molecular flexibility index (Phi) is 5.09. The monoisotopic (exact) mass is 348 g/mol. The van der Waals surface area contributed by atoms with Crippen molar-refractivity contribution < 1.29 is 4.92 Å². The van der Waals surface area contributed by atoms with Gasteiger partial charge in [-0.2, -0.15) is 0 Å². The molecule has 0 bridgehead atoms. The van der Waals surface area contributed by atoms with Gasteiger partial charge in [0, 0.05) is 28.7 Å². The highest BCUT2D eigenvalue weighted by Crippen LogP contribution is 2.22. The molecule has 0 heterocycles. The molecular formula is C16H17BrN2O2. The fraction of sp³-hybridized carbons (Fsp3) is 0.250. The van der Waals surface area contributed by atoms with E-state index in [2.05, 4.69) is 40.3 Å². The Labute approximate surface area is 132 Å². The van der Waals surface area contributed by atoms with Gasteiger partial charge in [0.25, 0.3) is 5.69 Å². The molecule has 0 aromatic heterocycles. The van der Waals surface area contributed by atoms with E-state index in [1.165, 1.54) is 11.6 Å². The number of halogens is 1. The van der Waals surface area contributed by atoms with Crippen molar-refractivity contribution in [1.29, 1.82) is 0 Å². The first-order valence-electron chi connectivity index (χ1n) is 6.70. The van der Waals surface area contributed by atoms with E-state index in [-0.39, 0.29) is 16.7 Å². The lowest BCUT2D eigenvalue weighted by Crippen LogP contribution is -2.18. The number of hydrogen-bond acceptors (Lipinski definition) is 3. The van der Waals surface area contributed by atoms with Crippen molar-refractivity contribution in [3.63, 3.8) is 0 Å². The summed E-state index contributed by atoms with van der Waals surface area (Å²) in [5, 5.41) is 14.3. The van der Waals surface area contributed by atoms with Gasteiger partial charge >= 0.3 is 0 Å². The highest BCUT2D eigenvalue weighted by molar-refractivity contribution is 9.10. The van der Waals surface area contributed by atoms with Crippen LogP contribution in [-0.2, 0) is 6.54 Å². The molecule has 4 nitrogen and oxygen atoms in total. The van der Waals surface area contributed by atoms with E-state index in [0.29, 0.717) is 6.54 Å². The van der Waals surface area contributed by atoms with Crippen LogP contribution in [0.3, 0.4) is 0 Å². The van der Waals surface area contributed by atoms with Gasteiger partial charge < -0.3 is 5.32 Å². The Morgan fingerprint density at radius 1 is 1.24 bits per heavy atom. The second kappa shape index (κ2) is 6.83. The van der Waals surface area contributed by atoms with E-state index in [1.54, 1.807) is 13.0 Å². The maximum Gasteiger partial charge on any atom is 0.272 e. The third kappa shape index (κ3) is 3.89. The quantitative estimate of drug-likeness (QED) is 0.638. The Bertz CT molecular complexity index is 641. The Hall–Kier alpha value is -1.72. The number of nitro benzene ring substituents is 1. The van der Waals surface area contributed by atoms with Crippen LogP contribution in [0.1, 0.15) is 29.7 Å². The maximum atomic E-state index is 10.9. The lowest BCUT2D eigenvalue weighted by molar-refractivity contribution is -0.385. The molecule has 0 spiro atoms. The van der Waals surface area contributed by atoms with E-state index in [4.69, 9.17) is 0 Å². The van der Waals surface area contributed by atoms with E-state index in [1.807, 2.05) is 18.2 Å². The number of nitrogens with zero attached hydrogens (tertiary/aromatic N) is 1. The normalized spacial score (nSPS) is 12.1. The lowest BCUT2D eigenvalue weighted by atomic mass is 10.1. The lowest BCUT2D eigenvalue weighted by Gasteiger charge is -2.15. The summed E-state index contributed by atoms with van der Waals surface area (Å²) >= 11 is 3.42. The molecule has 0 fully saturated rings. The standard InChI is InChI=1S/C16H17BrN2O2/c1-11-14(4-3-5-16(11)19(20)21)10-18-12(2)13-6-8-15(17)9-7-13/h3-9,12,18H,10H2,1-2H3/t12-/m1/s1. The van der Waals surface area contributed by atoms with Crippen LogP contribution in [0.2, 0.25) is 0 Å². The Balaban J connectivity index is 2.08. The van der Waals surface area contributed by atoms with Gasteiger partial charge in [-0.1, -0.05) is 40.2 Å². The molecule has 0 radical (unpaired) electrons. The van der Waals surface area contributed by atoms with Gasteiger partial charge in [-0.3, -0.25) is 10.1 Å². The predicted octanol–water partition coefficient (Wildman–Crippen LogP) is 4.52. The zero-order valence-electron chi connectivity index (χ0n) is 12.0. The van der Waals surface area contributed by atoms with E-state index in [0.717, 1.165) is 15.6 Å². The minimum atomic E-state index is -0.336. The van der Waals surface area contributed by atoms with E-state index < -0.39 is 0 Å².